The number of hydrogen-bond acceptors (Lipinski definition) is 5. The molecule has 3 aromatic rings. The van der Waals surface area contributed by atoms with Crippen molar-refractivity contribution in [1.82, 2.24) is 19.2 Å². The molecule has 0 aliphatic carbocycles. The fourth-order valence-electron chi connectivity index (χ4n) is 3.99. The number of hydrogen-bond donors (Lipinski definition) is 1. The lowest BCUT2D eigenvalue weighted by atomic mass is 10.0. The van der Waals surface area contributed by atoms with Gasteiger partial charge in [0.25, 0.3) is 5.91 Å². The summed E-state index contributed by atoms with van der Waals surface area (Å²) in [6, 6.07) is 9.81. The van der Waals surface area contributed by atoms with Crippen LogP contribution in [0.25, 0.3) is 10.9 Å². The number of rotatable bonds is 6. The zero-order valence-corrected chi connectivity index (χ0v) is 19.5. The maximum atomic E-state index is 13.0. The molecule has 2 aromatic heterocycles. The lowest BCUT2D eigenvalue weighted by Gasteiger charge is -2.28. The molecule has 1 aliphatic heterocycles. The normalized spacial score (nSPS) is 15.4. The van der Waals surface area contributed by atoms with E-state index in [1.165, 1.54) is 12.8 Å². The average Bonchev–Trinajstić information content (AvgIpc) is 3.07. The topological polar surface area (TPSA) is 59.4 Å². The van der Waals surface area contributed by atoms with E-state index in [0.29, 0.717) is 12.2 Å². The second-order valence-electron chi connectivity index (χ2n) is 8.25. The molecule has 0 bridgehead atoms. The summed E-state index contributed by atoms with van der Waals surface area (Å²) < 4.78 is 9.82. The molecule has 6 nitrogen and oxygen atoms in total. The lowest BCUT2D eigenvalue weighted by Crippen LogP contribution is -2.27. The van der Waals surface area contributed by atoms with Crippen molar-refractivity contribution in [2.75, 3.05) is 20.2 Å². The number of piperidine rings is 1. The number of carbonyl (C=O) groups is 1. The van der Waals surface area contributed by atoms with Crippen LogP contribution in [0.3, 0.4) is 0 Å². The van der Waals surface area contributed by atoms with Crippen molar-refractivity contribution < 1.29 is 9.53 Å². The van der Waals surface area contributed by atoms with Gasteiger partial charge in [-0.05, 0) is 61.4 Å². The fraction of sp³-hybridized carbons (Fsp3) is 0.417. The first kappa shape index (κ1) is 21.7. The third-order valence-corrected chi connectivity index (χ3v) is 7.41. The second kappa shape index (κ2) is 9.32. The van der Waals surface area contributed by atoms with Gasteiger partial charge in [-0.2, -0.15) is 0 Å². The highest BCUT2D eigenvalue weighted by atomic mass is 32.2. The molecule has 1 saturated heterocycles. The Hall–Kier alpha value is -2.51. The standard InChI is InChI=1S/C24H30N4O2S/c1-16-9-12-28(13-10-16)31-22-14-20(27(3)17(22)2)24(29)26-15-18-7-8-21(30-4)23-19(18)6-5-11-25-23/h5-8,11,14,16H,9-10,12-13,15H2,1-4H3,(H,26,29). The van der Waals surface area contributed by atoms with E-state index in [4.69, 9.17) is 4.74 Å². The maximum Gasteiger partial charge on any atom is 0.268 e. The van der Waals surface area contributed by atoms with Crippen molar-refractivity contribution in [3.63, 3.8) is 0 Å². The minimum absolute atomic E-state index is 0.0717. The van der Waals surface area contributed by atoms with Gasteiger partial charge in [-0.25, -0.2) is 4.31 Å². The predicted molar refractivity (Wildman–Crippen MR) is 125 cm³/mol. The highest BCUT2D eigenvalue weighted by Crippen LogP contribution is 2.32. The van der Waals surface area contributed by atoms with Crippen molar-refractivity contribution in [3.8, 4) is 5.75 Å². The molecule has 0 atom stereocenters. The van der Waals surface area contributed by atoms with Crippen LogP contribution < -0.4 is 10.1 Å². The Balaban J connectivity index is 1.48. The first-order chi connectivity index (χ1) is 15.0. The Morgan fingerprint density at radius 2 is 2.06 bits per heavy atom. The van der Waals surface area contributed by atoms with E-state index in [2.05, 4.69) is 28.5 Å². The van der Waals surface area contributed by atoms with Gasteiger partial charge in [0.05, 0.1) is 7.11 Å². The van der Waals surface area contributed by atoms with Crippen molar-refractivity contribution in [1.29, 1.82) is 0 Å². The van der Waals surface area contributed by atoms with Gasteiger partial charge in [-0.15, -0.1) is 0 Å². The molecule has 0 spiro atoms. The van der Waals surface area contributed by atoms with Gasteiger partial charge in [-0.1, -0.05) is 19.1 Å². The van der Waals surface area contributed by atoms with Crippen LogP contribution in [-0.4, -0.2) is 40.0 Å². The largest absolute Gasteiger partial charge is 0.494 e. The monoisotopic (exact) mass is 438 g/mol. The number of carbonyl (C=O) groups excluding carboxylic acids is 1. The molecule has 1 fully saturated rings. The molecule has 31 heavy (non-hydrogen) atoms. The molecule has 1 amide bonds. The third kappa shape index (κ3) is 4.57. The van der Waals surface area contributed by atoms with E-state index in [1.54, 1.807) is 25.3 Å². The number of fused-ring (bicyclic) bond motifs is 1. The van der Waals surface area contributed by atoms with Gasteiger partial charge in [-0.3, -0.25) is 9.78 Å². The number of amides is 1. The fourth-order valence-corrected chi connectivity index (χ4v) is 5.09. The molecule has 3 heterocycles. The summed E-state index contributed by atoms with van der Waals surface area (Å²) in [5.74, 6) is 1.47. The smallest absolute Gasteiger partial charge is 0.268 e. The van der Waals surface area contributed by atoms with E-state index < -0.39 is 0 Å². The number of aromatic nitrogens is 2. The third-order valence-electron chi connectivity index (χ3n) is 6.17. The Kier molecular flexibility index (Phi) is 6.53. The van der Waals surface area contributed by atoms with Crippen LogP contribution >= 0.6 is 11.9 Å². The van der Waals surface area contributed by atoms with Crippen LogP contribution in [0, 0.1) is 12.8 Å². The zero-order valence-electron chi connectivity index (χ0n) is 18.6. The Morgan fingerprint density at radius 3 is 2.81 bits per heavy atom. The molecule has 1 N–H and O–H groups in total. The molecule has 0 radical (unpaired) electrons. The molecule has 0 saturated carbocycles. The summed E-state index contributed by atoms with van der Waals surface area (Å²) in [7, 11) is 3.60. The van der Waals surface area contributed by atoms with Gasteiger partial charge in [0.15, 0.2) is 0 Å². The number of nitrogens with one attached hydrogen (secondary N) is 1. The van der Waals surface area contributed by atoms with Gasteiger partial charge in [0.1, 0.15) is 17.0 Å². The molecule has 164 valence electrons. The van der Waals surface area contributed by atoms with E-state index >= 15 is 0 Å². The summed E-state index contributed by atoms with van der Waals surface area (Å²) in [6.45, 7) is 7.02. The molecule has 7 heteroatoms. The quantitative estimate of drug-likeness (QED) is 0.572. The molecule has 4 rings (SSSR count). The minimum Gasteiger partial charge on any atom is -0.494 e. The lowest BCUT2D eigenvalue weighted by molar-refractivity contribution is 0.0942. The number of pyridine rings is 1. The summed E-state index contributed by atoms with van der Waals surface area (Å²) >= 11 is 1.78. The van der Waals surface area contributed by atoms with Gasteiger partial charge < -0.3 is 14.6 Å². The van der Waals surface area contributed by atoms with E-state index in [1.807, 2.05) is 41.9 Å². The maximum absolute atomic E-state index is 13.0. The van der Waals surface area contributed by atoms with Crippen molar-refractivity contribution in [3.05, 3.63) is 53.5 Å². The van der Waals surface area contributed by atoms with Crippen LogP contribution in [0.5, 0.6) is 5.75 Å². The number of benzene rings is 1. The van der Waals surface area contributed by atoms with Gasteiger partial charge in [0.2, 0.25) is 0 Å². The average molecular weight is 439 g/mol. The molecular weight excluding hydrogens is 408 g/mol. The SMILES string of the molecule is COc1ccc(CNC(=O)c2cc(SN3CCC(C)CC3)c(C)n2C)c2cccnc12. The molecular formula is C24H30N4O2S. The van der Waals surface area contributed by atoms with Crippen molar-refractivity contribution in [2.24, 2.45) is 13.0 Å². The van der Waals surface area contributed by atoms with Gasteiger partial charge >= 0.3 is 0 Å². The van der Waals surface area contributed by atoms with E-state index in [0.717, 1.165) is 51.8 Å². The summed E-state index contributed by atoms with van der Waals surface area (Å²) in [6.07, 6.45) is 4.22. The highest BCUT2D eigenvalue weighted by Gasteiger charge is 2.21. The second-order valence-corrected chi connectivity index (χ2v) is 9.39. The number of nitrogens with zero attached hydrogens (tertiary/aromatic N) is 3. The van der Waals surface area contributed by atoms with E-state index in [9.17, 15) is 4.79 Å². The van der Waals surface area contributed by atoms with Crippen LogP contribution in [-0.2, 0) is 13.6 Å². The Labute approximate surface area is 188 Å². The van der Waals surface area contributed by atoms with Crippen LogP contribution in [0.4, 0.5) is 0 Å². The highest BCUT2D eigenvalue weighted by molar-refractivity contribution is 7.97. The molecule has 1 aromatic carbocycles. The Morgan fingerprint density at radius 1 is 1.29 bits per heavy atom. The van der Waals surface area contributed by atoms with Crippen LogP contribution in [0.1, 0.15) is 41.5 Å². The summed E-state index contributed by atoms with van der Waals surface area (Å²) in [4.78, 5) is 18.6. The van der Waals surface area contributed by atoms with Gasteiger partial charge in [0, 0.05) is 48.9 Å². The van der Waals surface area contributed by atoms with E-state index in [-0.39, 0.29) is 5.91 Å². The minimum atomic E-state index is -0.0717. The van der Waals surface area contributed by atoms with Crippen LogP contribution in [0.2, 0.25) is 0 Å². The predicted octanol–water partition coefficient (Wildman–Crippen LogP) is 4.56. The molecule has 0 unspecified atom stereocenters. The number of methoxy groups -OCH3 is 1. The first-order valence-corrected chi connectivity index (χ1v) is 11.5. The summed E-state index contributed by atoms with van der Waals surface area (Å²) in [5.41, 5.74) is 3.62. The summed E-state index contributed by atoms with van der Waals surface area (Å²) in [5, 5.41) is 4.07. The Bertz CT molecular complexity index is 1090. The molecule has 1 aliphatic rings. The van der Waals surface area contributed by atoms with Crippen molar-refractivity contribution >= 4 is 28.8 Å². The van der Waals surface area contributed by atoms with Crippen LogP contribution in [0.15, 0.2) is 41.4 Å². The zero-order chi connectivity index (χ0) is 22.0. The van der Waals surface area contributed by atoms with Crippen molar-refractivity contribution in [2.45, 2.75) is 38.1 Å². The first-order valence-electron chi connectivity index (χ1n) is 10.8. The number of ether oxygens (including phenoxy) is 1.